The average Bonchev–Trinajstić information content (AvgIpc) is 3.63. The lowest BCUT2D eigenvalue weighted by atomic mass is 10.1. The first-order valence-electron chi connectivity index (χ1n) is 12.3. The van der Waals surface area contributed by atoms with Gasteiger partial charge in [0.2, 0.25) is 5.95 Å². The quantitative estimate of drug-likeness (QED) is 0.319. The van der Waals surface area contributed by atoms with E-state index < -0.39 is 0 Å². The summed E-state index contributed by atoms with van der Waals surface area (Å²) in [6, 6.07) is 25.9. The molecule has 0 aliphatic carbocycles. The molecule has 4 heterocycles. The van der Waals surface area contributed by atoms with Crippen molar-refractivity contribution in [3.63, 3.8) is 0 Å². The largest absolute Gasteiger partial charge is 0.378 e. The molecule has 0 saturated carbocycles. The van der Waals surface area contributed by atoms with Gasteiger partial charge in [-0.15, -0.1) is 10.2 Å². The molecule has 1 aliphatic heterocycles. The Kier molecular flexibility index (Phi) is 6.45. The molecule has 1 aliphatic rings. The highest BCUT2D eigenvalue weighted by molar-refractivity contribution is 5.91. The summed E-state index contributed by atoms with van der Waals surface area (Å²) in [7, 11) is 0. The molecule has 5 aromatic rings. The van der Waals surface area contributed by atoms with Gasteiger partial charge in [0.15, 0.2) is 5.82 Å². The Labute approximate surface area is 219 Å². The number of anilines is 1. The molecule has 0 bridgehead atoms. The number of nitrogens with zero attached hydrogens (tertiary/aromatic N) is 8. The molecule has 0 spiro atoms. The predicted octanol–water partition coefficient (Wildman–Crippen LogP) is 4.42. The van der Waals surface area contributed by atoms with Crippen LogP contribution in [0.5, 0.6) is 0 Å². The van der Waals surface area contributed by atoms with Crippen LogP contribution in [0.3, 0.4) is 0 Å². The number of para-hydroxylation sites is 2. The van der Waals surface area contributed by atoms with Crippen LogP contribution in [0.2, 0.25) is 0 Å². The van der Waals surface area contributed by atoms with E-state index in [1.807, 2.05) is 94.3 Å². The third-order valence-electron chi connectivity index (χ3n) is 6.31. The molecule has 1 saturated heterocycles. The highest BCUT2D eigenvalue weighted by Crippen LogP contribution is 2.30. The summed E-state index contributed by atoms with van der Waals surface area (Å²) in [6.07, 6.45) is 7.23. The lowest BCUT2D eigenvalue weighted by Crippen LogP contribution is -2.38. The maximum atomic E-state index is 10.3. The van der Waals surface area contributed by atoms with E-state index in [1.165, 1.54) is 0 Å². The van der Waals surface area contributed by atoms with Gasteiger partial charge in [-0.3, -0.25) is 9.55 Å². The Morgan fingerprint density at radius 2 is 1.63 bits per heavy atom. The molecule has 38 heavy (non-hydrogen) atoms. The van der Waals surface area contributed by atoms with Gasteiger partial charge >= 0.3 is 0 Å². The van der Waals surface area contributed by atoms with Crippen molar-refractivity contribution in [1.29, 1.82) is 5.26 Å². The van der Waals surface area contributed by atoms with Gasteiger partial charge in [0.25, 0.3) is 0 Å². The summed E-state index contributed by atoms with van der Waals surface area (Å²) in [5.74, 6) is 1.15. The second kappa shape index (κ2) is 10.5. The zero-order valence-corrected chi connectivity index (χ0v) is 20.6. The van der Waals surface area contributed by atoms with E-state index in [0.29, 0.717) is 49.3 Å². The first-order valence-corrected chi connectivity index (χ1v) is 12.3. The molecule has 6 rings (SSSR count). The number of pyridine rings is 1. The van der Waals surface area contributed by atoms with Gasteiger partial charge in [0.1, 0.15) is 11.8 Å². The van der Waals surface area contributed by atoms with E-state index in [-0.39, 0.29) is 0 Å². The minimum absolute atomic E-state index is 0.374. The molecule has 0 N–H and O–H groups in total. The number of aromatic nitrogens is 6. The Bertz CT molecular complexity index is 1600. The van der Waals surface area contributed by atoms with Crippen LogP contribution in [-0.4, -0.2) is 55.8 Å². The Balaban J connectivity index is 1.51. The predicted molar refractivity (Wildman–Crippen MR) is 145 cm³/mol. The monoisotopic (exact) mass is 500 g/mol. The zero-order chi connectivity index (χ0) is 25.7. The second-order valence-corrected chi connectivity index (χ2v) is 8.72. The third kappa shape index (κ3) is 4.56. The second-order valence-electron chi connectivity index (χ2n) is 8.72. The number of nitriles is 1. The van der Waals surface area contributed by atoms with Crippen LogP contribution in [0.4, 0.5) is 5.95 Å². The first-order chi connectivity index (χ1) is 18.8. The maximum absolute atomic E-state index is 10.3. The Morgan fingerprint density at radius 3 is 2.32 bits per heavy atom. The van der Waals surface area contributed by atoms with E-state index in [9.17, 15) is 5.26 Å². The van der Waals surface area contributed by atoms with Gasteiger partial charge < -0.3 is 9.64 Å². The van der Waals surface area contributed by atoms with Gasteiger partial charge in [-0.05, 0) is 42.5 Å². The van der Waals surface area contributed by atoms with Crippen molar-refractivity contribution in [3.8, 4) is 28.7 Å². The Morgan fingerprint density at radius 1 is 0.895 bits per heavy atom. The van der Waals surface area contributed by atoms with Crippen LogP contribution in [0.1, 0.15) is 11.4 Å². The lowest BCUT2D eigenvalue weighted by Gasteiger charge is -2.28. The fourth-order valence-electron chi connectivity index (χ4n) is 4.47. The number of hydrogen-bond donors (Lipinski definition) is 0. The summed E-state index contributed by atoms with van der Waals surface area (Å²) < 4.78 is 9.28. The highest BCUT2D eigenvalue weighted by Gasteiger charge is 2.24. The topological polar surface area (TPSA) is 97.7 Å². The normalized spacial score (nSPS) is 13.9. The van der Waals surface area contributed by atoms with Crippen LogP contribution in [0, 0.1) is 11.3 Å². The van der Waals surface area contributed by atoms with Gasteiger partial charge in [-0.25, -0.2) is 4.68 Å². The van der Waals surface area contributed by atoms with Gasteiger partial charge in [-0.2, -0.15) is 10.4 Å². The van der Waals surface area contributed by atoms with Gasteiger partial charge in [-0.1, -0.05) is 36.4 Å². The van der Waals surface area contributed by atoms with Crippen molar-refractivity contribution in [2.24, 2.45) is 0 Å². The molecule has 0 atom stereocenters. The summed E-state index contributed by atoms with van der Waals surface area (Å²) in [4.78, 5) is 6.41. The number of hydrogen-bond acceptors (Lipinski definition) is 7. The van der Waals surface area contributed by atoms with Crippen LogP contribution >= 0.6 is 0 Å². The number of morpholine rings is 1. The lowest BCUT2D eigenvalue weighted by molar-refractivity contribution is 0.122. The van der Waals surface area contributed by atoms with Crippen molar-refractivity contribution in [1.82, 2.24) is 29.5 Å². The van der Waals surface area contributed by atoms with E-state index in [0.717, 1.165) is 22.5 Å². The van der Waals surface area contributed by atoms with Gasteiger partial charge in [0.05, 0.1) is 30.2 Å². The van der Waals surface area contributed by atoms with Crippen LogP contribution in [-0.2, 0) is 4.74 Å². The molecular weight excluding hydrogens is 476 g/mol. The third-order valence-corrected chi connectivity index (χ3v) is 6.31. The van der Waals surface area contributed by atoms with Crippen molar-refractivity contribution in [3.05, 3.63) is 103 Å². The molecule has 9 nitrogen and oxygen atoms in total. The molecule has 9 heteroatoms. The molecule has 3 aromatic heterocycles. The number of rotatable bonds is 6. The van der Waals surface area contributed by atoms with Crippen LogP contribution < -0.4 is 4.90 Å². The minimum Gasteiger partial charge on any atom is -0.378 e. The van der Waals surface area contributed by atoms with E-state index in [4.69, 9.17) is 9.84 Å². The summed E-state index contributed by atoms with van der Waals surface area (Å²) in [5, 5.41) is 24.2. The van der Waals surface area contributed by atoms with Crippen molar-refractivity contribution < 1.29 is 4.74 Å². The molecule has 0 unspecified atom stereocenters. The summed E-state index contributed by atoms with van der Waals surface area (Å²) in [5.41, 5.74) is 4.51. The SMILES string of the molecule is N#C/C(=C\c1cn(-c2ccccc2)nc1-c1cccnc1)c1nnc(N2CCOCC2)n1-c1ccccc1. The minimum atomic E-state index is 0.374. The molecule has 0 radical (unpaired) electrons. The van der Waals surface area contributed by atoms with Crippen molar-refractivity contribution in [2.75, 3.05) is 31.2 Å². The molecule has 2 aromatic carbocycles. The van der Waals surface area contributed by atoms with Crippen molar-refractivity contribution in [2.45, 2.75) is 0 Å². The van der Waals surface area contributed by atoms with E-state index in [1.54, 1.807) is 12.4 Å². The van der Waals surface area contributed by atoms with Crippen LogP contribution in [0.15, 0.2) is 91.4 Å². The standard InChI is InChI=1S/C29H24N8O/c30-19-23(28-32-33-29(35-14-16-38-17-15-35)37(28)26-11-5-2-6-12-26)18-24-21-36(25-9-3-1-4-10-25)34-27(24)22-8-7-13-31-20-22/h1-13,18,20-21H,14-17H2/b23-18+. The number of ether oxygens (including phenoxy) is 1. The summed E-state index contributed by atoms with van der Waals surface area (Å²) >= 11 is 0. The number of allylic oxidation sites excluding steroid dienone is 1. The van der Waals surface area contributed by atoms with Crippen LogP contribution in [0.25, 0.3) is 34.3 Å². The molecule has 186 valence electrons. The Hall–Kier alpha value is -5.07. The fourth-order valence-corrected chi connectivity index (χ4v) is 4.47. The number of benzene rings is 2. The smallest absolute Gasteiger partial charge is 0.232 e. The molecule has 1 fully saturated rings. The maximum Gasteiger partial charge on any atom is 0.232 e. The van der Waals surface area contributed by atoms with Crippen molar-refractivity contribution >= 4 is 17.6 Å². The molecule has 0 amide bonds. The molecular formula is C29H24N8O. The van der Waals surface area contributed by atoms with E-state index >= 15 is 0 Å². The zero-order valence-electron chi connectivity index (χ0n) is 20.6. The highest BCUT2D eigenvalue weighted by atomic mass is 16.5. The first kappa shape index (κ1) is 23.3. The van der Waals surface area contributed by atoms with Gasteiger partial charge in [0, 0.05) is 42.8 Å². The average molecular weight is 501 g/mol. The fraction of sp³-hybridized carbons (Fsp3) is 0.138. The summed E-state index contributed by atoms with van der Waals surface area (Å²) in [6.45, 7) is 2.63. The van der Waals surface area contributed by atoms with E-state index in [2.05, 4.69) is 26.2 Å².